The minimum atomic E-state index is -1.03. The molecule has 1 amide bonds. The van der Waals surface area contributed by atoms with Crippen molar-refractivity contribution in [2.75, 3.05) is 6.61 Å². The second-order valence-electron chi connectivity index (χ2n) is 10.8. The Morgan fingerprint density at radius 2 is 1.93 bits per heavy atom. The zero-order valence-electron chi connectivity index (χ0n) is 23.4. The van der Waals surface area contributed by atoms with E-state index >= 15 is 0 Å². The molecule has 1 aromatic heterocycles. The van der Waals surface area contributed by atoms with Gasteiger partial charge < -0.3 is 24.6 Å². The van der Waals surface area contributed by atoms with E-state index in [1.54, 1.807) is 6.92 Å². The molecule has 2 heterocycles. The van der Waals surface area contributed by atoms with Crippen LogP contribution in [0.5, 0.6) is 16.7 Å². The van der Waals surface area contributed by atoms with Crippen molar-refractivity contribution < 1.29 is 28.9 Å². The summed E-state index contributed by atoms with van der Waals surface area (Å²) < 4.78 is 17.3. The highest BCUT2D eigenvalue weighted by atomic mass is 32.1. The number of aromatic nitrogens is 1. The second kappa shape index (κ2) is 14.0. The number of fused-ring (bicyclic) bond motifs is 1. The number of amides is 1. The third-order valence-corrected chi connectivity index (χ3v) is 8.71. The lowest BCUT2D eigenvalue weighted by Gasteiger charge is -2.29. The van der Waals surface area contributed by atoms with Gasteiger partial charge in [-0.1, -0.05) is 73.8 Å². The van der Waals surface area contributed by atoms with E-state index in [4.69, 9.17) is 14.2 Å². The number of nitrogens with zero attached hydrogens (tertiary/aromatic N) is 1. The van der Waals surface area contributed by atoms with Crippen LogP contribution in [0, 0.1) is 5.92 Å². The summed E-state index contributed by atoms with van der Waals surface area (Å²) in [6.07, 6.45) is 8.36. The quantitative estimate of drug-likeness (QED) is 0.254. The van der Waals surface area contributed by atoms with Crippen molar-refractivity contribution in [3.63, 3.8) is 0 Å². The molecule has 3 aromatic rings. The number of esters is 1. The van der Waals surface area contributed by atoms with Crippen LogP contribution in [0.1, 0.15) is 85.2 Å². The molecule has 9 heteroatoms. The van der Waals surface area contributed by atoms with Crippen molar-refractivity contribution in [3.8, 4) is 16.7 Å². The van der Waals surface area contributed by atoms with Gasteiger partial charge in [0.1, 0.15) is 22.5 Å². The molecule has 8 nitrogen and oxygen atoms in total. The van der Waals surface area contributed by atoms with Crippen LogP contribution < -0.4 is 14.8 Å². The normalized spacial score (nSPS) is 18.4. The van der Waals surface area contributed by atoms with Gasteiger partial charge in [0.2, 0.25) is 0 Å². The predicted molar refractivity (Wildman–Crippen MR) is 156 cm³/mol. The predicted octanol–water partition coefficient (Wildman–Crippen LogP) is 6.38. The number of carbonyl (C=O) groups is 2. The number of hydrogen-bond acceptors (Lipinski definition) is 8. The molecule has 1 fully saturated rings. The topological polar surface area (TPSA) is 107 Å². The number of carbonyl (C=O) groups excluding carboxylic acids is 2. The molecule has 0 spiro atoms. The van der Waals surface area contributed by atoms with E-state index < -0.39 is 18.1 Å². The Morgan fingerprint density at radius 3 is 2.71 bits per heavy atom. The molecular formula is C32H38N2O6S. The van der Waals surface area contributed by atoms with Gasteiger partial charge in [-0.05, 0) is 61.4 Å². The summed E-state index contributed by atoms with van der Waals surface area (Å²) in [5, 5.41) is 14.2. The summed E-state index contributed by atoms with van der Waals surface area (Å²) in [7, 11) is 0. The van der Waals surface area contributed by atoms with Crippen molar-refractivity contribution in [2.24, 2.45) is 5.92 Å². The first-order valence-electron chi connectivity index (χ1n) is 14.6. The number of aryl methyl sites for hydroxylation is 1. The number of hydrogen-bond donors (Lipinski definition) is 2. The first-order valence-corrected chi connectivity index (χ1v) is 15.4. The standard InChI is InChI=1S/C32H38N2O6S/c1-2-38-30(36)19-26(35)25(17-21-9-5-3-6-10-21)34-31(37)29-20-33-32(41-29)39-24-14-16-28-23(18-24)13-15-27(40-28)22-11-7-4-8-12-22/h4,7-8,11-12,14,16,18,20-21,25-27,35H,2-3,5-6,9-10,13,15,17,19H2,1H3,(H,34,37)/t25-,26-,27?/m0/s1. The highest BCUT2D eigenvalue weighted by molar-refractivity contribution is 7.15. The van der Waals surface area contributed by atoms with Gasteiger partial charge in [-0.3, -0.25) is 9.59 Å². The van der Waals surface area contributed by atoms with Crippen molar-refractivity contribution in [1.82, 2.24) is 10.3 Å². The van der Waals surface area contributed by atoms with E-state index in [1.807, 2.05) is 36.4 Å². The lowest BCUT2D eigenvalue weighted by Crippen LogP contribution is -2.45. The Kier molecular flexibility index (Phi) is 9.90. The van der Waals surface area contributed by atoms with Gasteiger partial charge in [0, 0.05) is 0 Å². The summed E-state index contributed by atoms with van der Waals surface area (Å²) >= 11 is 1.14. The van der Waals surface area contributed by atoms with Crippen LogP contribution in [-0.2, 0) is 16.0 Å². The molecule has 0 radical (unpaired) electrons. The van der Waals surface area contributed by atoms with Gasteiger partial charge in [-0.15, -0.1) is 0 Å². The van der Waals surface area contributed by atoms with E-state index in [0.717, 1.165) is 61.2 Å². The number of benzene rings is 2. The average Bonchev–Trinajstić information content (AvgIpc) is 3.46. The molecule has 2 N–H and O–H groups in total. The Balaban J connectivity index is 1.21. The zero-order valence-corrected chi connectivity index (χ0v) is 24.2. The van der Waals surface area contributed by atoms with Crippen molar-refractivity contribution >= 4 is 23.2 Å². The van der Waals surface area contributed by atoms with Crippen LogP contribution in [0.3, 0.4) is 0 Å². The molecule has 1 saturated carbocycles. The number of ether oxygens (including phenoxy) is 3. The van der Waals surface area contributed by atoms with Gasteiger partial charge in [0.25, 0.3) is 11.1 Å². The number of nitrogens with one attached hydrogen (secondary N) is 1. The summed E-state index contributed by atoms with van der Waals surface area (Å²) in [5.41, 5.74) is 2.24. The van der Waals surface area contributed by atoms with Crippen LogP contribution in [0.4, 0.5) is 0 Å². The number of thiazole rings is 1. The Labute approximate surface area is 245 Å². The lowest BCUT2D eigenvalue weighted by atomic mass is 9.83. The molecule has 218 valence electrons. The summed E-state index contributed by atoms with van der Waals surface area (Å²) in [5.74, 6) is 1.07. The monoisotopic (exact) mass is 578 g/mol. The van der Waals surface area contributed by atoms with Crippen LogP contribution in [0.2, 0.25) is 0 Å². The SMILES string of the molecule is CCOC(=O)C[C@H](O)[C@H](CC1CCCCC1)NC(=O)c1cnc(Oc2ccc3c(c2)CCC(c2ccccc2)O3)s1. The second-order valence-corrected chi connectivity index (χ2v) is 11.8. The molecule has 2 aliphatic rings. The zero-order chi connectivity index (χ0) is 28.6. The fourth-order valence-electron chi connectivity index (χ4n) is 5.71. The molecular weight excluding hydrogens is 540 g/mol. The van der Waals surface area contributed by atoms with Crippen LogP contribution in [0.25, 0.3) is 0 Å². The molecule has 5 rings (SSSR count). The first-order chi connectivity index (χ1) is 20.0. The fraction of sp³-hybridized carbons (Fsp3) is 0.469. The van der Waals surface area contributed by atoms with Crippen molar-refractivity contribution in [1.29, 1.82) is 0 Å². The number of rotatable bonds is 11. The van der Waals surface area contributed by atoms with Gasteiger partial charge in [0.05, 0.1) is 31.4 Å². The third kappa shape index (κ3) is 7.86. The molecule has 0 bridgehead atoms. The van der Waals surface area contributed by atoms with Crippen molar-refractivity contribution in [2.45, 2.75) is 83.0 Å². The minimum Gasteiger partial charge on any atom is -0.485 e. The molecule has 2 aromatic carbocycles. The summed E-state index contributed by atoms with van der Waals surface area (Å²) in [6, 6.07) is 15.4. The number of aliphatic hydroxyl groups is 1. The molecule has 1 aliphatic carbocycles. The molecule has 41 heavy (non-hydrogen) atoms. The maximum absolute atomic E-state index is 13.2. The molecule has 3 atom stereocenters. The Bertz CT molecular complexity index is 1310. The molecule has 1 unspecified atom stereocenters. The molecule has 0 saturated heterocycles. The van der Waals surface area contributed by atoms with Crippen molar-refractivity contribution in [3.05, 3.63) is 70.7 Å². The largest absolute Gasteiger partial charge is 0.485 e. The Morgan fingerprint density at radius 1 is 1.12 bits per heavy atom. The van der Waals surface area contributed by atoms with E-state index in [-0.39, 0.29) is 25.0 Å². The van der Waals surface area contributed by atoms with Gasteiger partial charge in [-0.25, -0.2) is 4.98 Å². The average molecular weight is 579 g/mol. The van der Waals surface area contributed by atoms with Crippen LogP contribution >= 0.6 is 11.3 Å². The smallest absolute Gasteiger partial charge is 0.308 e. The van der Waals surface area contributed by atoms with E-state index in [0.29, 0.717) is 28.2 Å². The van der Waals surface area contributed by atoms with Crippen LogP contribution in [-0.4, -0.2) is 40.7 Å². The van der Waals surface area contributed by atoms with Gasteiger partial charge in [-0.2, -0.15) is 0 Å². The Hall–Kier alpha value is -3.43. The van der Waals surface area contributed by atoms with E-state index in [1.165, 1.54) is 18.2 Å². The first kappa shape index (κ1) is 29.1. The minimum absolute atomic E-state index is 0.0354. The summed E-state index contributed by atoms with van der Waals surface area (Å²) in [4.78, 5) is 29.9. The highest BCUT2D eigenvalue weighted by Crippen LogP contribution is 2.38. The number of aliphatic hydroxyl groups excluding tert-OH is 1. The maximum atomic E-state index is 13.2. The lowest BCUT2D eigenvalue weighted by molar-refractivity contribution is -0.145. The maximum Gasteiger partial charge on any atom is 0.308 e. The van der Waals surface area contributed by atoms with Gasteiger partial charge in [0.15, 0.2) is 0 Å². The third-order valence-electron chi connectivity index (χ3n) is 7.84. The fourth-order valence-corrected chi connectivity index (χ4v) is 6.40. The van der Waals surface area contributed by atoms with E-state index in [2.05, 4.69) is 22.4 Å². The van der Waals surface area contributed by atoms with Gasteiger partial charge >= 0.3 is 5.97 Å². The van der Waals surface area contributed by atoms with Crippen LogP contribution in [0.15, 0.2) is 54.7 Å². The summed E-state index contributed by atoms with van der Waals surface area (Å²) in [6.45, 7) is 1.98. The van der Waals surface area contributed by atoms with E-state index in [9.17, 15) is 14.7 Å². The highest BCUT2D eigenvalue weighted by Gasteiger charge is 2.29. The molecule has 1 aliphatic heterocycles.